The molecule has 6 heteroatoms. The molecule has 1 amide bonds. The van der Waals surface area contributed by atoms with E-state index in [1.165, 1.54) is 0 Å². The van der Waals surface area contributed by atoms with Gasteiger partial charge in [0.1, 0.15) is 12.2 Å². The molecule has 1 aromatic heterocycles. The number of aromatic nitrogens is 3. The highest BCUT2D eigenvalue weighted by atomic mass is 16.5. The SMILES string of the molecule is COCCC(=O)N1CCCC(Cc2nncn2C(C)C)C1. The van der Waals surface area contributed by atoms with E-state index in [-0.39, 0.29) is 5.91 Å². The van der Waals surface area contributed by atoms with Crippen molar-refractivity contribution in [2.45, 2.75) is 45.6 Å². The maximum absolute atomic E-state index is 12.1. The highest BCUT2D eigenvalue weighted by molar-refractivity contribution is 5.76. The summed E-state index contributed by atoms with van der Waals surface area (Å²) in [7, 11) is 1.63. The first-order chi connectivity index (χ1) is 10.1. The van der Waals surface area contributed by atoms with Gasteiger partial charge < -0.3 is 14.2 Å². The molecule has 6 nitrogen and oxygen atoms in total. The van der Waals surface area contributed by atoms with Gasteiger partial charge in [0.25, 0.3) is 0 Å². The molecule has 1 aromatic rings. The van der Waals surface area contributed by atoms with Gasteiger partial charge in [0, 0.05) is 32.7 Å². The largest absolute Gasteiger partial charge is 0.384 e. The molecule has 0 aromatic carbocycles. The van der Waals surface area contributed by atoms with Crippen LogP contribution in [-0.2, 0) is 16.0 Å². The summed E-state index contributed by atoms with van der Waals surface area (Å²) in [6.07, 6.45) is 5.39. The lowest BCUT2D eigenvalue weighted by Crippen LogP contribution is -2.41. The minimum Gasteiger partial charge on any atom is -0.384 e. The summed E-state index contributed by atoms with van der Waals surface area (Å²) < 4.78 is 7.11. The molecule has 1 unspecified atom stereocenters. The smallest absolute Gasteiger partial charge is 0.224 e. The predicted octanol–water partition coefficient (Wildman–Crippen LogP) is 1.68. The van der Waals surface area contributed by atoms with Crippen LogP contribution in [0.25, 0.3) is 0 Å². The quantitative estimate of drug-likeness (QED) is 0.801. The average Bonchev–Trinajstić information content (AvgIpc) is 2.93. The Labute approximate surface area is 126 Å². The van der Waals surface area contributed by atoms with Crippen LogP contribution in [0.4, 0.5) is 0 Å². The molecule has 2 heterocycles. The van der Waals surface area contributed by atoms with Gasteiger partial charge in [0.2, 0.25) is 5.91 Å². The van der Waals surface area contributed by atoms with E-state index in [2.05, 4.69) is 28.6 Å². The standard InChI is InChI=1S/C15H26N4O2/c1-12(2)19-11-16-17-14(19)9-13-5-4-7-18(10-13)15(20)6-8-21-3/h11-13H,4-10H2,1-3H3. The topological polar surface area (TPSA) is 60.2 Å². The number of hydrogen-bond donors (Lipinski definition) is 0. The van der Waals surface area contributed by atoms with E-state index in [1.807, 2.05) is 4.90 Å². The summed E-state index contributed by atoms with van der Waals surface area (Å²) in [6, 6.07) is 0.373. The van der Waals surface area contributed by atoms with E-state index in [0.717, 1.165) is 38.2 Å². The summed E-state index contributed by atoms with van der Waals surface area (Å²) in [4.78, 5) is 14.1. The molecule has 0 saturated carbocycles. The first kappa shape index (κ1) is 15.9. The average molecular weight is 294 g/mol. The summed E-state index contributed by atoms with van der Waals surface area (Å²) in [5.74, 6) is 1.71. The number of carbonyl (C=O) groups is 1. The molecule has 21 heavy (non-hydrogen) atoms. The number of methoxy groups -OCH3 is 1. The van der Waals surface area contributed by atoms with Gasteiger partial charge in [-0.05, 0) is 32.6 Å². The molecule has 1 aliphatic rings. The van der Waals surface area contributed by atoms with Gasteiger partial charge in [-0.3, -0.25) is 4.79 Å². The molecule has 0 radical (unpaired) electrons. The molecular formula is C15H26N4O2. The zero-order chi connectivity index (χ0) is 15.2. The molecule has 1 aliphatic heterocycles. The Bertz CT molecular complexity index is 458. The normalized spacial score (nSPS) is 19.2. The molecule has 0 bridgehead atoms. The van der Waals surface area contributed by atoms with Crippen molar-refractivity contribution in [2.75, 3.05) is 26.8 Å². The third kappa shape index (κ3) is 4.27. The van der Waals surface area contributed by atoms with Gasteiger partial charge >= 0.3 is 0 Å². The Kier molecular flexibility index (Phi) is 5.73. The number of ether oxygens (including phenoxy) is 1. The van der Waals surface area contributed by atoms with Gasteiger partial charge in [-0.15, -0.1) is 10.2 Å². The maximum atomic E-state index is 12.1. The van der Waals surface area contributed by atoms with Crippen LogP contribution in [0.5, 0.6) is 0 Å². The van der Waals surface area contributed by atoms with Crippen LogP contribution in [0, 0.1) is 5.92 Å². The fourth-order valence-electron chi connectivity index (χ4n) is 2.91. The van der Waals surface area contributed by atoms with Crippen molar-refractivity contribution in [2.24, 2.45) is 5.92 Å². The number of carbonyl (C=O) groups excluding carboxylic acids is 1. The maximum Gasteiger partial charge on any atom is 0.224 e. The van der Waals surface area contributed by atoms with Gasteiger partial charge in [-0.25, -0.2) is 0 Å². The van der Waals surface area contributed by atoms with E-state index in [9.17, 15) is 4.79 Å². The highest BCUT2D eigenvalue weighted by Crippen LogP contribution is 2.21. The number of hydrogen-bond acceptors (Lipinski definition) is 4. The lowest BCUT2D eigenvalue weighted by Gasteiger charge is -2.32. The monoisotopic (exact) mass is 294 g/mol. The Morgan fingerprint density at radius 2 is 2.33 bits per heavy atom. The van der Waals surface area contributed by atoms with Crippen molar-refractivity contribution >= 4 is 5.91 Å². The molecular weight excluding hydrogens is 268 g/mol. The van der Waals surface area contributed by atoms with Gasteiger partial charge in [-0.1, -0.05) is 0 Å². The molecule has 0 spiro atoms. The Morgan fingerprint density at radius 1 is 1.52 bits per heavy atom. The van der Waals surface area contributed by atoms with E-state index in [0.29, 0.717) is 25.0 Å². The Hall–Kier alpha value is -1.43. The van der Waals surface area contributed by atoms with Crippen molar-refractivity contribution in [3.05, 3.63) is 12.2 Å². The molecule has 1 fully saturated rings. The molecule has 1 saturated heterocycles. The van der Waals surface area contributed by atoms with Crippen LogP contribution in [0.1, 0.15) is 45.0 Å². The predicted molar refractivity (Wildman–Crippen MR) is 79.9 cm³/mol. The van der Waals surface area contributed by atoms with Crippen molar-refractivity contribution in [3.8, 4) is 0 Å². The summed E-state index contributed by atoms with van der Waals surface area (Å²) >= 11 is 0. The van der Waals surface area contributed by atoms with Gasteiger partial charge in [0.15, 0.2) is 0 Å². The lowest BCUT2D eigenvalue weighted by atomic mass is 9.94. The minimum absolute atomic E-state index is 0.201. The number of nitrogens with zero attached hydrogens (tertiary/aromatic N) is 4. The lowest BCUT2D eigenvalue weighted by molar-refractivity contribution is -0.133. The first-order valence-electron chi connectivity index (χ1n) is 7.77. The van der Waals surface area contributed by atoms with Gasteiger partial charge in [0.05, 0.1) is 13.0 Å². The second-order valence-corrected chi connectivity index (χ2v) is 6.04. The second kappa shape index (κ2) is 7.54. The fraction of sp³-hybridized carbons (Fsp3) is 0.800. The zero-order valence-electron chi connectivity index (χ0n) is 13.3. The molecule has 0 N–H and O–H groups in total. The van der Waals surface area contributed by atoms with Crippen LogP contribution in [-0.4, -0.2) is 52.4 Å². The highest BCUT2D eigenvalue weighted by Gasteiger charge is 2.25. The van der Waals surface area contributed by atoms with Crippen molar-refractivity contribution in [3.63, 3.8) is 0 Å². The van der Waals surface area contributed by atoms with Crippen molar-refractivity contribution in [1.29, 1.82) is 0 Å². The van der Waals surface area contributed by atoms with Crippen LogP contribution in [0.2, 0.25) is 0 Å². The van der Waals surface area contributed by atoms with Crippen LogP contribution in [0.15, 0.2) is 6.33 Å². The summed E-state index contributed by atoms with van der Waals surface area (Å²) in [5.41, 5.74) is 0. The van der Waals surface area contributed by atoms with E-state index in [1.54, 1.807) is 13.4 Å². The van der Waals surface area contributed by atoms with Gasteiger partial charge in [-0.2, -0.15) is 0 Å². The van der Waals surface area contributed by atoms with Crippen molar-refractivity contribution < 1.29 is 9.53 Å². The molecule has 118 valence electrons. The molecule has 0 aliphatic carbocycles. The van der Waals surface area contributed by atoms with E-state index < -0.39 is 0 Å². The summed E-state index contributed by atoms with van der Waals surface area (Å²) in [5, 5.41) is 8.26. The first-order valence-corrected chi connectivity index (χ1v) is 7.77. The van der Waals surface area contributed by atoms with E-state index >= 15 is 0 Å². The Morgan fingerprint density at radius 3 is 3.05 bits per heavy atom. The number of likely N-dealkylation sites (tertiary alicyclic amines) is 1. The third-order valence-corrected chi connectivity index (χ3v) is 4.07. The second-order valence-electron chi connectivity index (χ2n) is 6.04. The third-order valence-electron chi connectivity index (χ3n) is 4.07. The Balaban J connectivity index is 1.92. The number of piperidine rings is 1. The van der Waals surface area contributed by atoms with Crippen LogP contribution in [0.3, 0.4) is 0 Å². The minimum atomic E-state index is 0.201. The van der Waals surface area contributed by atoms with Crippen molar-refractivity contribution in [1.82, 2.24) is 19.7 Å². The number of amides is 1. The molecule has 1 atom stereocenters. The van der Waals surface area contributed by atoms with Crippen LogP contribution >= 0.6 is 0 Å². The number of rotatable bonds is 6. The molecule has 2 rings (SSSR count). The zero-order valence-corrected chi connectivity index (χ0v) is 13.3. The van der Waals surface area contributed by atoms with Crippen LogP contribution < -0.4 is 0 Å². The summed E-state index contributed by atoms with van der Waals surface area (Å²) in [6.45, 7) is 6.47. The van der Waals surface area contributed by atoms with E-state index in [4.69, 9.17) is 4.74 Å². The fourth-order valence-corrected chi connectivity index (χ4v) is 2.91.